The van der Waals surface area contributed by atoms with Crippen LogP contribution in [0.2, 0.25) is 5.15 Å². The fourth-order valence-electron chi connectivity index (χ4n) is 1.05. The number of carbonyl (C=O) groups is 1. The van der Waals surface area contributed by atoms with Gasteiger partial charge in [-0.2, -0.15) is 0 Å². The zero-order valence-electron chi connectivity index (χ0n) is 7.18. The van der Waals surface area contributed by atoms with Crippen LogP contribution in [0.1, 0.15) is 17.7 Å². The monoisotopic (exact) mass is 239 g/mol. The highest BCUT2D eigenvalue weighted by atomic mass is 35.5. The minimum atomic E-state index is -3.12. The van der Waals surface area contributed by atoms with Crippen molar-refractivity contribution in [1.82, 2.24) is 4.98 Å². The number of carboxylic acids is 1. The zero-order chi connectivity index (χ0) is 11.6. The zero-order valence-corrected chi connectivity index (χ0v) is 7.93. The molecule has 0 unspecified atom stereocenters. The number of alkyl halides is 2. The molecule has 0 atom stereocenters. The second-order valence-electron chi connectivity index (χ2n) is 2.66. The number of hydrogen-bond donors (Lipinski definition) is 1. The molecule has 0 amide bonds. The molecule has 0 radical (unpaired) electrons. The van der Waals surface area contributed by atoms with Crippen LogP contribution in [-0.4, -0.2) is 16.1 Å². The van der Waals surface area contributed by atoms with Gasteiger partial charge in [-0.05, 0) is 0 Å². The summed E-state index contributed by atoms with van der Waals surface area (Å²) in [5.41, 5.74) is -1.57. The Kier molecular flexibility index (Phi) is 3.52. The number of hydrogen-bond acceptors (Lipinski definition) is 2. The van der Waals surface area contributed by atoms with Gasteiger partial charge >= 0.3 is 5.97 Å². The van der Waals surface area contributed by atoms with E-state index in [1.54, 1.807) is 0 Å². The van der Waals surface area contributed by atoms with Crippen LogP contribution in [-0.2, 0) is 11.2 Å². The minimum absolute atomic E-state index is 0.354. The van der Waals surface area contributed by atoms with E-state index in [1.165, 1.54) is 0 Å². The lowest BCUT2D eigenvalue weighted by molar-refractivity contribution is -0.136. The molecule has 15 heavy (non-hydrogen) atoms. The second-order valence-corrected chi connectivity index (χ2v) is 3.05. The standard InChI is InChI=1S/C8H5ClF3NO2/c9-5-1-3(10)7(8(11)12)4(13-5)2-6(14)15/h1,8H,2H2,(H,14,15). The maximum atomic E-state index is 13.0. The van der Waals surface area contributed by atoms with Gasteiger partial charge in [0.2, 0.25) is 0 Å². The Labute approximate surface area is 87.5 Å². The van der Waals surface area contributed by atoms with Gasteiger partial charge in [0.25, 0.3) is 6.43 Å². The molecular weight excluding hydrogens is 235 g/mol. The molecule has 0 saturated heterocycles. The number of aromatic nitrogens is 1. The molecule has 1 aromatic heterocycles. The third-order valence-corrected chi connectivity index (χ3v) is 1.79. The van der Waals surface area contributed by atoms with E-state index >= 15 is 0 Å². The molecule has 0 aromatic carbocycles. The van der Waals surface area contributed by atoms with E-state index < -0.39 is 35.9 Å². The van der Waals surface area contributed by atoms with Crippen molar-refractivity contribution in [3.63, 3.8) is 0 Å². The van der Waals surface area contributed by atoms with Crippen molar-refractivity contribution in [2.24, 2.45) is 0 Å². The van der Waals surface area contributed by atoms with Gasteiger partial charge in [0.05, 0.1) is 17.7 Å². The minimum Gasteiger partial charge on any atom is -0.481 e. The van der Waals surface area contributed by atoms with Gasteiger partial charge in [-0.3, -0.25) is 4.79 Å². The lowest BCUT2D eigenvalue weighted by Crippen LogP contribution is -2.08. The molecule has 0 aliphatic rings. The van der Waals surface area contributed by atoms with E-state index in [9.17, 15) is 18.0 Å². The average Bonchev–Trinajstić information content (AvgIpc) is 1.99. The molecule has 0 saturated carbocycles. The van der Waals surface area contributed by atoms with Crippen molar-refractivity contribution in [2.45, 2.75) is 12.8 Å². The molecule has 1 aromatic rings. The molecule has 0 fully saturated rings. The number of nitrogens with zero attached hydrogens (tertiary/aromatic N) is 1. The van der Waals surface area contributed by atoms with Gasteiger partial charge in [-0.1, -0.05) is 11.6 Å². The molecule has 1 rings (SSSR count). The highest BCUT2D eigenvalue weighted by Gasteiger charge is 2.22. The Hall–Kier alpha value is -1.30. The van der Waals surface area contributed by atoms with Crippen molar-refractivity contribution >= 4 is 17.6 Å². The van der Waals surface area contributed by atoms with Gasteiger partial charge in [0, 0.05) is 6.07 Å². The van der Waals surface area contributed by atoms with Crippen molar-refractivity contribution in [1.29, 1.82) is 0 Å². The Morgan fingerprint density at radius 1 is 1.60 bits per heavy atom. The smallest absolute Gasteiger partial charge is 0.309 e. The maximum absolute atomic E-state index is 13.0. The summed E-state index contributed by atoms with van der Waals surface area (Å²) in [5, 5.41) is 8.05. The molecule has 3 nitrogen and oxygen atoms in total. The fourth-order valence-corrected chi connectivity index (χ4v) is 1.25. The first-order chi connectivity index (χ1) is 6.91. The molecule has 0 bridgehead atoms. The summed E-state index contributed by atoms with van der Waals surface area (Å²) < 4.78 is 37.7. The number of aliphatic carboxylic acids is 1. The quantitative estimate of drug-likeness (QED) is 0.824. The number of pyridine rings is 1. The topological polar surface area (TPSA) is 50.2 Å². The Morgan fingerprint density at radius 3 is 2.67 bits per heavy atom. The van der Waals surface area contributed by atoms with E-state index in [2.05, 4.69) is 4.98 Å². The number of halogens is 4. The molecule has 0 aliphatic heterocycles. The number of carboxylic acid groups (broad SMARTS) is 1. The third-order valence-electron chi connectivity index (χ3n) is 1.59. The summed E-state index contributed by atoms with van der Waals surface area (Å²) in [6.07, 6.45) is -3.92. The van der Waals surface area contributed by atoms with E-state index in [0.29, 0.717) is 6.07 Å². The maximum Gasteiger partial charge on any atom is 0.309 e. The van der Waals surface area contributed by atoms with Crippen LogP contribution in [0.5, 0.6) is 0 Å². The first kappa shape index (κ1) is 11.8. The molecule has 7 heteroatoms. The predicted octanol–water partition coefficient (Wildman–Crippen LogP) is 2.44. The van der Waals surface area contributed by atoms with E-state index in [1.807, 2.05) is 0 Å². The Bertz CT molecular complexity index is 398. The van der Waals surface area contributed by atoms with E-state index in [0.717, 1.165) is 0 Å². The molecule has 0 aliphatic carbocycles. The van der Waals surface area contributed by atoms with Crippen molar-refractivity contribution in [3.8, 4) is 0 Å². The summed E-state index contributed by atoms with van der Waals surface area (Å²) >= 11 is 5.32. The van der Waals surface area contributed by atoms with Gasteiger partial charge in [0.15, 0.2) is 0 Å². The largest absolute Gasteiger partial charge is 0.481 e. The molecular formula is C8H5ClF3NO2. The van der Waals surface area contributed by atoms with Crippen LogP contribution in [0, 0.1) is 5.82 Å². The van der Waals surface area contributed by atoms with Crippen molar-refractivity contribution < 1.29 is 23.1 Å². The van der Waals surface area contributed by atoms with Gasteiger partial charge < -0.3 is 5.11 Å². The van der Waals surface area contributed by atoms with Crippen LogP contribution < -0.4 is 0 Å². The van der Waals surface area contributed by atoms with Crippen LogP contribution in [0.25, 0.3) is 0 Å². The highest BCUT2D eigenvalue weighted by molar-refractivity contribution is 6.29. The summed E-state index contributed by atoms with van der Waals surface area (Å²) in [6.45, 7) is 0. The normalized spacial score (nSPS) is 10.7. The molecule has 82 valence electrons. The SMILES string of the molecule is O=C(O)Cc1nc(Cl)cc(F)c1C(F)F. The Morgan fingerprint density at radius 2 is 2.20 bits per heavy atom. The molecule has 1 N–H and O–H groups in total. The van der Waals surface area contributed by atoms with Crippen molar-refractivity contribution in [2.75, 3.05) is 0 Å². The second kappa shape index (κ2) is 4.48. The van der Waals surface area contributed by atoms with Crippen molar-refractivity contribution in [3.05, 3.63) is 28.3 Å². The summed E-state index contributed by atoms with van der Waals surface area (Å²) in [7, 11) is 0. The van der Waals surface area contributed by atoms with E-state index in [-0.39, 0.29) is 5.15 Å². The van der Waals surface area contributed by atoms with Gasteiger partial charge in [0.1, 0.15) is 11.0 Å². The molecule has 0 spiro atoms. The lowest BCUT2D eigenvalue weighted by atomic mass is 10.1. The lowest BCUT2D eigenvalue weighted by Gasteiger charge is -2.07. The van der Waals surface area contributed by atoms with Crippen LogP contribution in [0.3, 0.4) is 0 Å². The van der Waals surface area contributed by atoms with E-state index in [4.69, 9.17) is 16.7 Å². The first-order valence-electron chi connectivity index (χ1n) is 3.76. The Balaban J connectivity index is 3.26. The summed E-state index contributed by atoms with van der Waals surface area (Å²) in [5.74, 6) is -2.63. The van der Waals surface area contributed by atoms with Crippen LogP contribution in [0.4, 0.5) is 13.2 Å². The molecule has 1 heterocycles. The third kappa shape index (κ3) is 2.82. The van der Waals surface area contributed by atoms with Crippen LogP contribution >= 0.6 is 11.6 Å². The van der Waals surface area contributed by atoms with Gasteiger partial charge in [-0.25, -0.2) is 18.2 Å². The van der Waals surface area contributed by atoms with Gasteiger partial charge in [-0.15, -0.1) is 0 Å². The highest BCUT2D eigenvalue weighted by Crippen LogP contribution is 2.27. The predicted molar refractivity (Wildman–Crippen MR) is 45.5 cm³/mol. The van der Waals surface area contributed by atoms with Crippen LogP contribution in [0.15, 0.2) is 6.07 Å². The summed E-state index contributed by atoms with van der Waals surface area (Å²) in [4.78, 5) is 13.7. The average molecular weight is 240 g/mol. The first-order valence-corrected chi connectivity index (χ1v) is 4.14. The summed E-state index contributed by atoms with van der Waals surface area (Å²) in [6, 6.07) is 0.619. The fraction of sp³-hybridized carbons (Fsp3) is 0.250. The number of rotatable bonds is 3.